The van der Waals surface area contributed by atoms with E-state index in [2.05, 4.69) is 36.0 Å². The molecule has 0 aliphatic carbocycles. The van der Waals surface area contributed by atoms with E-state index in [0.29, 0.717) is 6.54 Å². The molecular weight excluding hydrogens is 266 g/mol. The first-order chi connectivity index (χ1) is 10.1. The molecule has 1 N–H and O–H groups in total. The maximum absolute atomic E-state index is 10.9. The Bertz CT molecular complexity index is 621. The molecule has 0 saturated heterocycles. The molecule has 21 heavy (non-hydrogen) atoms. The van der Waals surface area contributed by atoms with Crippen LogP contribution in [0.5, 0.6) is 0 Å². The molecule has 5 heteroatoms. The zero-order valence-electron chi connectivity index (χ0n) is 12.9. The van der Waals surface area contributed by atoms with Crippen LogP contribution < -0.4 is 0 Å². The Morgan fingerprint density at radius 3 is 2.71 bits per heavy atom. The van der Waals surface area contributed by atoms with E-state index >= 15 is 0 Å². The predicted octanol–water partition coefficient (Wildman–Crippen LogP) is 2.74. The fourth-order valence-corrected chi connectivity index (χ4v) is 2.71. The molecule has 0 bridgehead atoms. The number of carboxylic acids is 1. The van der Waals surface area contributed by atoms with Crippen LogP contribution in [0, 0.1) is 0 Å². The van der Waals surface area contributed by atoms with E-state index in [0.717, 1.165) is 29.7 Å². The number of benzene rings is 1. The Balaban J connectivity index is 2.27. The first-order valence-electron chi connectivity index (χ1n) is 7.47. The van der Waals surface area contributed by atoms with Gasteiger partial charge in [0.2, 0.25) is 0 Å². The molecule has 2 rings (SSSR count). The molecule has 5 nitrogen and oxygen atoms in total. The number of hydrogen-bond donors (Lipinski definition) is 1. The van der Waals surface area contributed by atoms with Gasteiger partial charge in [-0.05, 0) is 26.5 Å². The summed E-state index contributed by atoms with van der Waals surface area (Å²) >= 11 is 0. The van der Waals surface area contributed by atoms with Crippen molar-refractivity contribution in [2.24, 2.45) is 0 Å². The van der Waals surface area contributed by atoms with Gasteiger partial charge in [-0.15, -0.1) is 0 Å². The number of aryl methyl sites for hydroxylation is 1. The maximum atomic E-state index is 10.9. The van der Waals surface area contributed by atoms with Gasteiger partial charge >= 0.3 is 5.97 Å². The maximum Gasteiger partial charge on any atom is 0.304 e. The van der Waals surface area contributed by atoms with Crippen LogP contribution >= 0.6 is 0 Å². The highest BCUT2D eigenvalue weighted by molar-refractivity contribution is 5.81. The Hall–Kier alpha value is -1.88. The number of fused-ring (bicyclic) bond motifs is 1. The zero-order valence-corrected chi connectivity index (χ0v) is 12.9. The number of aromatic nitrogens is 2. The third-order valence-corrected chi connectivity index (χ3v) is 3.89. The van der Waals surface area contributed by atoms with Gasteiger partial charge in [0.15, 0.2) is 0 Å². The third kappa shape index (κ3) is 3.42. The van der Waals surface area contributed by atoms with Crippen LogP contribution in [0.4, 0.5) is 0 Å². The summed E-state index contributed by atoms with van der Waals surface area (Å²) in [5.74, 6) is -0.759. The second kappa shape index (κ2) is 6.72. The first-order valence-corrected chi connectivity index (χ1v) is 7.47. The van der Waals surface area contributed by atoms with Crippen LogP contribution in [0.15, 0.2) is 24.3 Å². The van der Waals surface area contributed by atoms with Gasteiger partial charge in [-0.25, -0.2) is 0 Å². The minimum absolute atomic E-state index is 0.00182. The minimum Gasteiger partial charge on any atom is -0.481 e. The fraction of sp³-hybridized carbons (Fsp3) is 0.500. The molecular formula is C16H23N3O2. The van der Waals surface area contributed by atoms with E-state index in [1.54, 1.807) is 0 Å². The van der Waals surface area contributed by atoms with Crippen molar-refractivity contribution in [1.82, 2.24) is 14.7 Å². The third-order valence-electron chi connectivity index (χ3n) is 3.89. The monoisotopic (exact) mass is 289 g/mol. The topological polar surface area (TPSA) is 58.4 Å². The van der Waals surface area contributed by atoms with Crippen molar-refractivity contribution in [2.75, 3.05) is 6.54 Å². The quantitative estimate of drug-likeness (QED) is 0.851. The van der Waals surface area contributed by atoms with E-state index in [9.17, 15) is 4.79 Å². The Labute approximate surface area is 125 Å². The van der Waals surface area contributed by atoms with Crippen molar-refractivity contribution in [2.45, 2.75) is 46.3 Å². The molecule has 0 aliphatic rings. The summed E-state index contributed by atoms with van der Waals surface area (Å²) < 4.78 is 2.00. The average molecular weight is 289 g/mol. The largest absolute Gasteiger partial charge is 0.481 e. The molecule has 0 amide bonds. The normalized spacial score (nSPS) is 13.0. The first kappa shape index (κ1) is 15.5. The van der Waals surface area contributed by atoms with Gasteiger partial charge in [0.25, 0.3) is 0 Å². The zero-order chi connectivity index (χ0) is 15.4. The number of aliphatic carboxylic acids is 1. The summed E-state index contributed by atoms with van der Waals surface area (Å²) in [6.45, 7) is 8.40. The second-order valence-corrected chi connectivity index (χ2v) is 5.29. The van der Waals surface area contributed by atoms with Gasteiger partial charge < -0.3 is 5.11 Å². The van der Waals surface area contributed by atoms with Gasteiger partial charge in [-0.2, -0.15) is 5.10 Å². The lowest BCUT2D eigenvalue weighted by molar-refractivity contribution is -0.138. The van der Waals surface area contributed by atoms with Crippen LogP contribution in [0.2, 0.25) is 0 Å². The van der Waals surface area contributed by atoms with E-state index < -0.39 is 5.97 Å². The second-order valence-electron chi connectivity index (χ2n) is 5.29. The van der Waals surface area contributed by atoms with Crippen LogP contribution in [0.25, 0.3) is 10.9 Å². The Morgan fingerprint density at radius 1 is 1.38 bits per heavy atom. The number of carboxylic acid groups (broad SMARTS) is 1. The lowest BCUT2D eigenvalue weighted by Gasteiger charge is -2.25. The molecule has 1 aromatic carbocycles. The summed E-state index contributed by atoms with van der Waals surface area (Å²) in [6.07, 6.45) is 0.153. The number of carbonyl (C=O) groups is 1. The molecule has 1 atom stereocenters. The van der Waals surface area contributed by atoms with Gasteiger partial charge in [-0.1, -0.05) is 25.1 Å². The molecule has 114 valence electrons. The summed E-state index contributed by atoms with van der Waals surface area (Å²) in [7, 11) is 0. The number of para-hydroxylation sites is 1. The van der Waals surface area contributed by atoms with Crippen molar-refractivity contribution < 1.29 is 9.90 Å². The van der Waals surface area contributed by atoms with Gasteiger partial charge in [-0.3, -0.25) is 14.4 Å². The lowest BCUT2D eigenvalue weighted by Crippen LogP contribution is -2.34. The number of rotatable bonds is 7. The Kier molecular flexibility index (Phi) is 4.96. The van der Waals surface area contributed by atoms with Crippen molar-refractivity contribution in [3.8, 4) is 0 Å². The van der Waals surface area contributed by atoms with Crippen LogP contribution in [-0.4, -0.2) is 38.3 Å². The molecule has 1 heterocycles. The molecule has 0 saturated carbocycles. The smallest absolute Gasteiger partial charge is 0.304 e. The molecule has 1 unspecified atom stereocenters. The van der Waals surface area contributed by atoms with Crippen molar-refractivity contribution in [3.63, 3.8) is 0 Å². The highest BCUT2D eigenvalue weighted by Crippen LogP contribution is 2.21. The van der Waals surface area contributed by atoms with Gasteiger partial charge in [0, 0.05) is 24.5 Å². The molecule has 2 aromatic rings. The Morgan fingerprint density at radius 2 is 2.10 bits per heavy atom. The summed E-state index contributed by atoms with van der Waals surface area (Å²) in [4.78, 5) is 13.1. The van der Waals surface area contributed by atoms with Crippen molar-refractivity contribution in [1.29, 1.82) is 0 Å². The van der Waals surface area contributed by atoms with Gasteiger partial charge in [0.1, 0.15) is 0 Å². The molecule has 0 fully saturated rings. The van der Waals surface area contributed by atoms with Crippen LogP contribution in [0.3, 0.4) is 0 Å². The van der Waals surface area contributed by atoms with Gasteiger partial charge in [0.05, 0.1) is 17.6 Å². The van der Waals surface area contributed by atoms with E-state index in [4.69, 9.17) is 5.11 Å². The highest BCUT2D eigenvalue weighted by atomic mass is 16.4. The average Bonchev–Trinajstić information content (AvgIpc) is 2.82. The van der Waals surface area contributed by atoms with Crippen molar-refractivity contribution in [3.05, 3.63) is 30.0 Å². The fourth-order valence-electron chi connectivity index (χ4n) is 2.71. The summed E-state index contributed by atoms with van der Waals surface area (Å²) in [5, 5.41) is 14.8. The molecule has 0 radical (unpaired) electrons. The number of hydrogen-bond acceptors (Lipinski definition) is 3. The SMILES string of the molecule is CCN(Cc1nn(CC)c2ccccc12)C(C)CC(=O)O. The van der Waals surface area contributed by atoms with Crippen LogP contribution in [0.1, 0.15) is 32.9 Å². The molecule has 0 aliphatic heterocycles. The van der Waals surface area contributed by atoms with E-state index in [1.807, 2.05) is 23.7 Å². The lowest BCUT2D eigenvalue weighted by atomic mass is 10.1. The molecule has 1 aromatic heterocycles. The molecule has 0 spiro atoms. The minimum atomic E-state index is -0.759. The van der Waals surface area contributed by atoms with Crippen molar-refractivity contribution >= 4 is 16.9 Å². The summed E-state index contributed by atoms with van der Waals surface area (Å²) in [6, 6.07) is 8.19. The standard InChI is InChI=1S/C16H23N3O2/c1-4-18(12(3)10-16(20)21)11-14-13-8-6-7-9-15(13)19(5-2)17-14/h6-9,12H,4-5,10-11H2,1-3H3,(H,20,21). The van der Waals surface area contributed by atoms with Crippen LogP contribution in [-0.2, 0) is 17.9 Å². The predicted molar refractivity (Wildman–Crippen MR) is 83.2 cm³/mol. The van der Waals surface area contributed by atoms with E-state index in [1.165, 1.54) is 0 Å². The summed E-state index contributed by atoms with van der Waals surface area (Å²) in [5.41, 5.74) is 2.16. The van der Waals surface area contributed by atoms with E-state index in [-0.39, 0.29) is 12.5 Å². The number of nitrogens with zero attached hydrogens (tertiary/aromatic N) is 3. The highest BCUT2D eigenvalue weighted by Gasteiger charge is 2.18.